The molecule has 2 aliphatic heterocycles. The number of halogens is 2. The fraction of sp³-hybridized carbons (Fsp3) is 0.200. The molecule has 7 nitrogen and oxygen atoms in total. The lowest BCUT2D eigenvalue weighted by atomic mass is 9.96. The third-order valence-corrected chi connectivity index (χ3v) is 6.98. The maximum atomic E-state index is 14.5. The highest BCUT2D eigenvalue weighted by molar-refractivity contribution is 5.96. The Labute approximate surface area is 223 Å². The molecule has 6 rings (SSSR count). The molecule has 0 saturated carbocycles. The summed E-state index contributed by atoms with van der Waals surface area (Å²) in [4.78, 5) is 28.6. The van der Waals surface area contributed by atoms with Crippen LogP contribution in [0.15, 0.2) is 95.9 Å². The maximum Gasteiger partial charge on any atom is 0.278 e. The maximum absolute atomic E-state index is 14.5. The number of hydrogen-bond donors (Lipinski definition) is 0. The number of carbonyl (C=O) groups excluding carboxylic acids is 1. The van der Waals surface area contributed by atoms with Gasteiger partial charge in [-0.15, -0.1) is 0 Å². The summed E-state index contributed by atoms with van der Waals surface area (Å²) in [5, 5.41) is 1.83. The van der Waals surface area contributed by atoms with E-state index in [9.17, 15) is 18.4 Å². The molecule has 3 heterocycles. The van der Waals surface area contributed by atoms with E-state index < -0.39 is 29.3 Å². The fourth-order valence-electron chi connectivity index (χ4n) is 5.24. The molecule has 1 aromatic heterocycles. The first-order chi connectivity index (χ1) is 19.0. The molecule has 0 aliphatic carbocycles. The van der Waals surface area contributed by atoms with E-state index in [1.165, 1.54) is 36.5 Å². The first-order valence-electron chi connectivity index (χ1n) is 12.6. The Bertz CT molecular complexity index is 1530. The fourth-order valence-corrected chi connectivity index (χ4v) is 5.24. The van der Waals surface area contributed by atoms with Gasteiger partial charge >= 0.3 is 0 Å². The third-order valence-electron chi connectivity index (χ3n) is 6.98. The molecule has 39 heavy (non-hydrogen) atoms. The summed E-state index contributed by atoms with van der Waals surface area (Å²) in [6, 6.07) is 22.0. The van der Waals surface area contributed by atoms with Crippen molar-refractivity contribution in [2.45, 2.75) is 18.8 Å². The van der Waals surface area contributed by atoms with Crippen LogP contribution in [0.3, 0.4) is 0 Å². The van der Waals surface area contributed by atoms with Gasteiger partial charge in [-0.3, -0.25) is 19.3 Å². The zero-order valence-corrected chi connectivity index (χ0v) is 20.9. The second-order valence-electron chi connectivity index (χ2n) is 9.42. The Hall–Kier alpha value is -4.50. The molecule has 4 aromatic rings. The van der Waals surface area contributed by atoms with Crippen molar-refractivity contribution < 1.29 is 23.0 Å². The molecule has 0 spiro atoms. The SMILES string of the molecule is O=C1c2c(OCc3ccccc3)c(=O)ccn2N(C(c2cccc(F)c2)c2cccc(F)c2)[C@@H]2COCCN12. The number of hydrogen-bond acceptors (Lipinski definition) is 5. The quantitative estimate of drug-likeness (QED) is 0.374. The number of morpholine rings is 1. The number of amides is 1. The number of benzene rings is 3. The highest BCUT2D eigenvalue weighted by atomic mass is 19.1. The number of nitrogens with zero attached hydrogens (tertiary/aromatic N) is 3. The summed E-state index contributed by atoms with van der Waals surface area (Å²) in [5.41, 5.74) is 1.52. The first-order valence-corrected chi connectivity index (χ1v) is 12.6. The van der Waals surface area contributed by atoms with Crippen molar-refractivity contribution in [3.63, 3.8) is 0 Å². The van der Waals surface area contributed by atoms with Crippen molar-refractivity contribution in [3.05, 3.63) is 135 Å². The van der Waals surface area contributed by atoms with E-state index in [1.54, 1.807) is 33.8 Å². The van der Waals surface area contributed by atoms with Gasteiger partial charge in [0.15, 0.2) is 11.4 Å². The van der Waals surface area contributed by atoms with Gasteiger partial charge in [-0.25, -0.2) is 8.78 Å². The number of pyridine rings is 1. The van der Waals surface area contributed by atoms with Crippen molar-refractivity contribution in [2.24, 2.45) is 0 Å². The number of fused-ring (bicyclic) bond motifs is 2. The molecular weight excluding hydrogens is 504 g/mol. The minimum atomic E-state index is -0.734. The highest BCUT2D eigenvalue weighted by Gasteiger charge is 2.45. The largest absolute Gasteiger partial charge is 0.482 e. The zero-order valence-electron chi connectivity index (χ0n) is 20.9. The van der Waals surface area contributed by atoms with E-state index in [0.29, 0.717) is 17.7 Å². The lowest BCUT2D eigenvalue weighted by molar-refractivity contribution is -0.0198. The van der Waals surface area contributed by atoms with Gasteiger partial charge in [-0.05, 0) is 41.0 Å². The predicted molar refractivity (Wildman–Crippen MR) is 140 cm³/mol. The van der Waals surface area contributed by atoms with Crippen molar-refractivity contribution in [1.82, 2.24) is 9.58 Å². The van der Waals surface area contributed by atoms with Crippen LogP contribution in [0.5, 0.6) is 5.75 Å². The molecule has 1 atom stereocenters. The zero-order chi connectivity index (χ0) is 26.9. The van der Waals surface area contributed by atoms with E-state index in [4.69, 9.17) is 9.47 Å². The topological polar surface area (TPSA) is 64.0 Å². The van der Waals surface area contributed by atoms with Crippen LogP contribution in [0, 0.1) is 11.6 Å². The number of ether oxygens (including phenoxy) is 2. The van der Waals surface area contributed by atoms with Crippen LogP contribution in [-0.4, -0.2) is 41.4 Å². The summed E-state index contributed by atoms with van der Waals surface area (Å²) in [7, 11) is 0. The average Bonchev–Trinajstić information content (AvgIpc) is 2.95. The Kier molecular flexibility index (Phi) is 6.58. The minimum Gasteiger partial charge on any atom is -0.482 e. The number of carbonyl (C=O) groups is 1. The lowest BCUT2D eigenvalue weighted by Crippen LogP contribution is -2.66. The van der Waals surface area contributed by atoms with Gasteiger partial charge in [0.25, 0.3) is 5.91 Å². The van der Waals surface area contributed by atoms with E-state index in [2.05, 4.69) is 0 Å². The van der Waals surface area contributed by atoms with Crippen molar-refractivity contribution >= 4 is 5.91 Å². The summed E-state index contributed by atoms with van der Waals surface area (Å²) in [5.74, 6) is -1.37. The second-order valence-corrected chi connectivity index (χ2v) is 9.42. The van der Waals surface area contributed by atoms with Crippen LogP contribution in [-0.2, 0) is 11.3 Å². The van der Waals surface area contributed by atoms with Crippen LogP contribution in [0.25, 0.3) is 0 Å². The van der Waals surface area contributed by atoms with Crippen LogP contribution < -0.4 is 15.2 Å². The van der Waals surface area contributed by atoms with Crippen LogP contribution in [0.2, 0.25) is 0 Å². The molecule has 1 saturated heterocycles. The van der Waals surface area contributed by atoms with Gasteiger partial charge in [0.1, 0.15) is 24.4 Å². The molecular formula is C30H25F2N3O4. The van der Waals surface area contributed by atoms with Crippen molar-refractivity contribution in [2.75, 3.05) is 24.8 Å². The summed E-state index contributed by atoms with van der Waals surface area (Å²) in [6.07, 6.45) is 0.891. The third kappa shape index (κ3) is 4.66. The van der Waals surface area contributed by atoms with Gasteiger partial charge in [0, 0.05) is 18.8 Å². The molecule has 0 bridgehead atoms. The molecule has 0 unspecified atom stereocenters. The van der Waals surface area contributed by atoms with Gasteiger partial charge in [-0.2, -0.15) is 0 Å². The van der Waals surface area contributed by atoms with Gasteiger partial charge in [0.05, 0.1) is 19.3 Å². The summed E-state index contributed by atoms with van der Waals surface area (Å²) in [6.45, 7) is 0.848. The average molecular weight is 530 g/mol. The molecule has 1 fully saturated rings. The van der Waals surface area contributed by atoms with Crippen LogP contribution in [0.4, 0.5) is 8.78 Å². The second kappa shape index (κ2) is 10.3. The van der Waals surface area contributed by atoms with E-state index >= 15 is 0 Å². The molecule has 9 heteroatoms. The number of rotatable bonds is 6. The monoisotopic (exact) mass is 529 g/mol. The lowest BCUT2D eigenvalue weighted by Gasteiger charge is -2.51. The Morgan fingerprint density at radius 3 is 2.26 bits per heavy atom. The van der Waals surface area contributed by atoms with E-state index in [0.717, 1.165) is 5.56 Å². The minimum absolute atomic E-state index is 0.0504. The van der Waals surface area contributed by atoms with E-state index in [1.807, 2.05) is 35.3 Å². The Balaban J connectivity index is 1.55. The van der Waals surface area contributed by atoms with Gasteiger partial charge < -0.3 is 14.4 Å². The summed E-state index contributed by atoms with van der Waals surface area (Å²) < 4.78 is 42.4. The molecule has 0 radical (unpaired) electrons. The Morgan fingerprint density at radius 2 is 1.59 bits per heavy atom. The molecule has 198 valence electrons. The smallest absolute Gasteiger partial charge is 0.278 e. The number of aromatic nitrogens is 1. The highest BCUT2D eigenvalue weighted by Crippen LogP contribution is 2.36. The predicted octanol–water partition coefficient (Wildman–Crippen LogP) is 4.25. The molecule has 0 N–H and O–H groups in total. The molecule has 3 aromatic carbocycles. The normalized spacial score (nSPS) is 16.7. The van der Waals surface area contributed by atoms with Crippen LogP contribution in [0.1, 0.15) is 33.2 Å². The van der Waals surface area contributed by atoms with Gasteiger partial charge in [0.2, 0.25) is 5.43 Å². The van der Waals surface area contributed by atoms with E-state index in [-0.39, 0.29) is 37.1 Å². The molecule has 2 aliphatic rings. The standard InChI is InChI=1S/C30H25F2N3O4/c31-23-10-4-8-21(16-23)27(22-9-5-11-24(32)17-22)35-26-19-38-15-14-33(26)30(37)28-29(25(36)12-13-34(28)35)39-18-20-6-2-1-3-7-20/h1-13,16-17,26-27H,14-15,18-19H2/t26-/m1/s1. The van der Waals surface area contributed by atoms with Crippen molar-refractivity contribution in [3.8, 4) is 5.75 Å². The van der Waals surface area contributed by atoms with Crippen molar-refractivity contribution in [1.29, 1.82) is 0 Å². The first kappa shape index (κ1) is 24.8. The Morgan fingerprint density at radius 1 is 0.897 bits per heavy atom. The van der Waals surface area contributed by atoms with Crippen LogP contribution >= 0.6 is 0 Å². The molecule has 1 amide bonds. The summed E-state index contributed by atoms with van der Waals surface area (Å²) >= 11 is 0. The van der Waals surface area contributed by atoms with Gasteiger partial charge in [-0.1, -0.05) is 54.6 Å².